The van der Waals surface area contributed by atoms with Gasteiger partial charge in [0.2, 0.25) is 5.91 Å². The maximum Gasteiger partial charge on any atom is 0.260 e. The van der Waals surface area contributed by atoms with Crippen molar-refractivity contribution in [2.75, 3.05) is 13.1 Å². The molecule has 1 aliphatic heterocycles. The smallest absolute Gasteiger partial charge is 0.260 e. The molecule has 2 heterocycles. The average Bonchev–Trinajstić information content (AvgIpc) is 2.93. The van der Waals surface area contributed by atoms with Crippen LogP contribution in [0.15, 0.2) is 47.4 Å². The van der Waals surface area contributed by atoms with Crippen LogP contribution in [0.1, 0.15) is 22.3 Å². The summed E-state index contributed by atoms with van der Waals surface area (Å²) in [7, 11) is 0. The highest BCUT2D eigenvalue weighted by atomic mass is 35.5. The number of hydrogen-bond acceptors (Lipinski definition) is 3. The molecule has 1 aliphatic rings. The van der Waals surface area contributed by atoms with Crippen molar-refractivity contribution in [3.8, 4) is 0 Å². The zero-order chi connectivity index (χ0) is 17.8. The van der Waals surface area contributed by atoms with Crippen LogP contribution in [0.2, 0.25) is 5.02 Å². The summed E-state index contributed by atoms with van der Waals surface area (Å²) in [5.74, 6) is -0.467. The third-order valence-corrected chi connectivity index (χ3v) is 4.41. The van der Waals surface area contributed by atoms with E-state index in [1.54, 1.807) is 11.0 Å². The van der Waals surface area contributed by atoms with Gasteiger partial charge in [-0.05, 0) is 36.2 Å². The molecule has 0 unspecified atom stereocenters. The predicted molar refractivity (Wildman–Crippen MR) is 94.7 cm³/mol. The number of likely N-dealkylation sites (tertiary alicyclic amines) is 1. The summed E-state index contributed by atoms with van der Waals surface area (Å²) in [5, 5.41) is 3.43. The van der Waals surface area contributed by atoms with Crippen molar-refractivity contribution < 1.29 is 9.59 Å². The summed E-state index contributed by atoms with van der Waals surface area (Å²) in [6.45, 7) is 1.01. The number of pyridine rings is 1. The lowest BCUT2D eigenvalue weighted by Gasteiger charge is -2.17. The Labute approximate surface area is 149 Å². The minimum Gasteiger partial charge on any atom is -0.347 e. The fourth-order valence-corrected chi connectivity index (χ4v) is 3.12. The quantitative estimate of drug-likeness (QED) is 0.850. The van der Waals surface area contributed by atoms with E-state index in [-0.39, 0.29) is 23.9 Å². The SMILES string of the molecule is O=C(N[C@@H]1CC(=O)N(CCc2cccc(Cl)c2)C1)c1ccc[nH]c1=O. The van der Waals surface area contributed by atoms with Crippen molar-refractivity contribution in [2.24, 2.45) is 0 Å². The molecule has 2 aromatic rings. The molecule has 130 valence electrons. The summed E-state index contributed by atoms with van der Waals surface area (Å²) in [6, 6.07) is 10.3. The Kier molecular flexibility index (Phi) is 5.19. The Morgan fingerprint density at radius 1 is 1.28 bits per heavy atom. The van der Waals surface area contributed by atoms with Gasteiger partial charge in [-0.3, -0.25) is 14.4 Å². The van der Waals surface area contributed by atoms with E-state index in [2.05, 4.69) is 10.3 Å². The van der Waals surface area contributed by atoms with Crippen LogP contribution in [0, 0.1) is 0 Å². The number of amides is 2. The summed E-state index contributed by atoms with van der Waals surface area (Å²) in [5.41, 5.74) is 0.665. The molecule has 1 aromatic carbocycles. The lowest BCUT2D eigenvalue weighted by atomic mass is 10.1. The van der Waals surface area contributed by atoms with Crippen molar-refractivity contribution in [3.05, 3.63) is 69.1 Å². The van der Waals surface area contributed by atoms with Crippen LogP contribution in [0.3, 0.4) is 0 Å². The van der Waals surface area contributed by atoms with Crippen molar-refractivity contribution in [1.82, 2.24) is 15.2 Å². The molecule has 1 aromatic heterocycles. The molecule has 1 fully saturated rings. The van der Waals surface area contributed by atoms with Crippen LogP contribution in [0.5, 0.6) is 0 Å². The molecule has 2 N–H and O–H groups in total. The minimum atomic E-state index is -0.462. The number of carbonyl (C=O) groups excluding carboxylic acids is 2. The largest absolute Gasteiger partial charge is 0.347 e. The lowest BCUT2D eigenvalue weighted by Crippen LogP contribution is -2.39. The van der Waals surface area contributed by atoms with Gasteiger partial charge >= 0.3 is 0 Å². The van der Waals surface area contributed by atoms with Gasteiger partial charge in [0.15, 0.2) is 0 Å². The molecule has 0 saturated carbocycles. The number of nitrogens with zero attached hydrogens (tertiary/aromatic N) is 1. The van der Waals surface area contributed by atoms with E-state index in [1.165, 1.54) is 12.3 Å². The van der Waals surface area contributed by atoms with Gasteiger partial charge in [0.25, 0.3) is 11.5 Å². The molecule has 25 heavy (non-hydrogen) atoms. The third-order valence-electron chi connectivity index (χ3n) is 4.17. The third kappa shape index (κ3) is 4.28. The van der Waals surface area contributed by atoms with Crippen LogP contribution in [0.4, 0.5) is 0 Å². The van der Waals surface area contributed by atoms with Gasteiger partial charge in [0.05, 0.1) is 6.04 Å². The first kappa shape index (κ1) is 17.2. The van der Waals surface area contributed by atoms with Crippen molar-refractivity contribution in [1.29, 1.82) is 0 Å². The number of rotatable bonds is 5. The molecular formula is C18H18ClN3O3. The first-order valence-electron chi connectivity index (χ1n) is 8.04. The lowest BCUT2D eigenvalue weighted by molar-refractivity contribution is -0.127. The van der Waals surface area contributed by atoms with Crippen LogP contribution in [-0.4, -0.2) is 40.8 Å². The maximum absolute atomic E-state index is 12.2. The van der Waals surface area contributed by atoms with Crippen molar-refractivity contribution in [3.63, 3.8) is 0 Å². The molecule has 6 nitrogen and oxygen atoms in total. The van der Waals surface area contributed by atoms with Crippen molar-refractivity contribution in [2.45, 2.75) is 18.9 Å². The number of carbonyl (C=O) groups is 2. The minimum absolute atomic E-state index is 0.00528. The van der Waals surface area contributed by atoms with Gasteiger partial charge in [-0.2, -0.15) is 0 Å². The molecular weight excluding hydrogens is 342 g/mol. The first-order valence-corrected chi connectivity index (χ1v) is 8.41. The second kappa shape index (κ2) is 7.53. The first-order chi connectivity index (χ1) is 12.0. The highest BCUT2D eigenvalue weighted by molar-refractivity contribution is 6.30. The second-order valence-corrected chi connectivity index (χ2v) is 6.44. The van der Waals surface area contributed by atoms with E-state index in [0.717, 1.165) is 5.56 Å². The number of halogens is 1. The van der Waals surface area contributed by atoms with Gasteiger partial charge < -0.3 is 15.2 Å². The summed E-state index contributed by atoms with van der Waals surface area (Å²) in [4.78, 5) is 40.1. The van der Waals surface area contributed by atoms with E-state index < -0.39 is 11.5 Å². The van der Waals surface area contributed by atoms with E-state index in [9.17, 15) is 14.4 Å². The Bertz CT molecular complexity index is 849. The molecule has 1 saturated heterocycles. The maximum atomic E-state index is 12.2. The van der Waals surface area contributed by atoms with E-state index >= 15 is 0 Å². The summed E-state index contributed by atoms with van der Waals surface area (Å²) < 4.78 is 0. The number of aromatic nitrogens is 1. The predicted octanol–water partition coefficient (Wildman–Crippen LogP) is 1.60. The summed E-state index contributed by atoms with van der Waals surface area (Å²) >= 11 is 5.96. The van der Waals surface area contributed by atoms with E-state index in [0.29, 0.717) is 24.5 Å². The molecule has 2 amide bonds. The Morgan fingerprint density at radius 3 is 2.88 bits per heavy atom. The number of H-pyrrole nitrogens is 1. The molecule has 3 rings (SSSR count). The average molecular weight is 360 g/mol. The topological polar surface area (TPSA) is 82.3 Å². The molecule has 1 atom stereocenters. The Balaban J connectivity index is 1.56. The Hall–Kier alpha value is -2.60. The zero-order valence-electron chi connectivity index (χ0n) is 13.5. The van der Waals surface area contributed by atoms with Crippen LogP contribution < -0.4 is 10.9 Å². The molecule has 0 aliphatic carbocycles. The number of hydrogen-bond donors (Lipinski definition) is 2. The van der Waals surface area contributed by atoms with Crippen molar-refractivity contribution >= 4 is 23.4 Å². The highest BCUT2D eigenvalue weighted by Gasteiger charge is 2.30. The van der Waals surface area contributed by atoms with Gasteiger partial charge in [0, 0.05) is 30.7 Å². The van der Waals surface area contributed by atoms with Gasteiger partial charge in [-0.15, -0.1) is 0 Å². The number of aromatic amines is 1. The van der Waals surface area contributed by atoms with Crippen LogP contribution in [0.25, 0.3) is 0 Å². The van der Waals surface area contributed by atoms with E-state index in [4.69, 9.17) is 11.6 Å². The molecule has 0 radical (unpaired) electrons. The fraction of sp³-hybridized carbons (Fsp3) is 0.278. The second-order valence-electron chi connectivity index (χ2n) is 6.01. The Morgan fingerprint density at radius 2 is 2.12 bits per heavy atom. The standard InChI is InChI=1S/C18H18ClN3O3/c19-13-4-1-3-12(9-13)6-8-22-11-14(10-16(22)23)21-18(25)15-5-2-7-20-17(15)24/h1-5,7,9,14H,6,8,10-11H2,(H,20,24)(H,21,25)/t14-/m1/s1. The zero-order valence-corrected chi connectivity index (χ0v) is 14.3. The molecule has 0 spiro atoms. The highest BCUT2D eigenvalue weighted by Crippen LogP contribution is 2.15. The number of nitrogens with one attached hydrogen (secondary N) is 2. The van der Waals surface area contributed by atoms with E-state index in [1.807, 2.05) is 24.3 Å². The normalized spacial score (nSPS) is 16.9. The fourth-order valence-electron chi connectivity index (χ4n) is 2.90. The van der Waals surface area contributed by atoms with Gasteiger partial charge in [0.1, 0.15) is 5.56 Å². The van der Waals surface area contributed by atoms with Crippen LogP contribution in [-0.2, 0) is 11.2 Å². The molecule has 0 bridgehead atoms. The number of benzene rings is 1. The molecule has 7 heteroatoms. The van der Waals surface area contributed by atoms with Gasteiger partial charge in [-0.1, -0.05) is 23.7 Å². The van der Waals surface area contributed by atoms with Gasteiger partial charge in [-0.25, -0.2) is 0 Å². The van der Waals surface area contributed by atoms with Crippen LogP contribution >= 0.6 is 11.6 Å². The monoisotopic (exact) mass is 359 g/mol. The summed E-state index contributed by atoms with van der Waals surface area (Å²) in [6.07, 6.45) is 2.41.